The number of hydrogen-bond acceptors (Lipinski definition) is 2. The van der Waals surface area contributed by atoms with Crippen molar-refractivity contribution in [1.82, 2.24) is 0 Å². The fraction of sp³-hybridized carbons (Fsp3) is 0.0909. The first kappa shape index (κ1) is 10.2. The molecule has 0 amide bonds. The van der Waals surface area contributed by atoms with Crippen LogP contribution in [-0.2, 0) is 0 Å². The van der Waals surface area contributed by atoms with Crippen LogP contribution in [0.15, 0.2) is 43.0 Å². The normalized spacial score (nSPS) is 9.50. The van der Waals surface area contributed by atoms with Gasteiger partial charge in [-0.1, -0.05) is 30.9 Å². The Hall–Kier alpha value is -1.90. The van der Waals surface area contributed by atoms with Gasteiger partial charge in [0.15, 0.2) is 0 Å². The van der Waals surface area contributed by atoms with E-state index in [0.717, 1.165) is 5.57 Å². The highest BCUT2D eigenvalue weighted by atomic mass is 16.6. The number of hydrogen-bond donors (Lipinski definition) is 0. The van der Waals surface area contributed by atoms with Gasteiger partial charge in [-0.25, -0.2) is 0 Å². The summed E-state index contributed by atoms with van der Waals surface area (Å²) in [5.41, 5.74) is 1.95. The summed E-state index contributed by atoms with van der Waals surface area (Å²) in [4.78, 5) is 10.3. The molecule has 0 heterocycles. The van der Waals surface area contributed by atoms with Gasteiger partial charge in [0.2, 0.25) is 0 Å². The molecule has 0 spiro atoms. The third-order valence-electron chi connectivity index (χ3n) is 1.94. The Labute approximate surface area is 82.5 Å². The maximum Gasteiger partial charge on any atom is 0.277 e. The van der Waals surface area contributed by atoms with E-state index in [1.165, 1.54) is 6.07 Å². The van der Waals surface area contributed by atoms with E-state index in [0.29, 0.717) is 11.1 Å². The molecular formula is C11H11NO2. The number of benzene rings is 1. The molecule has 72 valence electrons. The van der Waals surface area contributed by atoms with Crippen molar-refractivity contribution in [1.29, 1.82) is 0 Å². The SMILES string of the molecule is C=C(C)C(=C)c1ccccc1[N+](=O)[O-]. The van der Waals surface area contributed by atoms with Crippen LogP contribution in [0.4, 0.5) is 5.69 Å². The Bertz CT molecular complexity index is 408. The van der Waals surface area contributed by atoms with E-state index in [1.54, 1.807) is 25.1 Å². The quantitative estimate of drug-likeness (QED) is 0.416. The fourth-order valence-corrected chi connectivity index (χ4v) is 1.12. The van der Waals surface area contributed by atoms with Crippen LogP contribution in [0.3, 0.4) is 0 Å². The fourth-order valence-electron chi connectivity index (χ4n) is 1.12. The van der Waals surface area contributed by atoms with E-state index in [4.69, 9.17) is 0 Å². The van der Waals surface area contributed by atoms with E-state index in [-0.39, 0.29) is 5.69 Å². The highest BCUT2D eigenvalue weighted by molar-refractivity contribution is 5.80. The van der Waals surface area contributed by atoms with Crippen molar-refractivity contribution in [2.75, 3.05) is 0 Å². The Morgan fingerprint density at radius 3 is 2.43 bits per heavy atom. The summed E-state index contributed by atoms with van der Waals surface area (Å²) in [5.74, 6) is 0. The first-order chi connectivity index (χ1) is 6.54. The number of para-hydroxylation sites is 1. The van der Waals surface area contributed by atoms with Gasteiger partial charge < -0.3 is 0 Å². The van der Waals surface area contributed by atoms with Gasteiger partial charge in [-0.2, -0.15) is 0 Å². The number of nitrogens with zero attached hydrogens (tertiary/aromatic N) is 1. The van der Waals surface area contributed by atoms with Gasteiger partial charge in [0.1, 0.15) is 0 Å². The summed E-state index contributed by atoms with van der Waals surface area (Å²) in [6, 6.07) is 6.52. The van der Waals surface area contributed by atoms with Gasteiger partial charge in [-0.05, 0) is 18.6 Å². The Morgan fingerprint density at radius 1 is 1.36 bits per heavy atom. The molecule has 14 heavy (non-hydrogen) atoms. The van der Waals surface area contributed by atoms with Crippen LogP contribution in [-0.4, -0.2) is 4.92 Å². The molecule has 3 nitrogen and oxygen atoms in total. The minimum absolute atomic E-state index is 0.0699. The highest BCUT2D eigenvalue weighted by Gasteiger charge is 2.14. The zero-order chi connectivity index (χ0) is 10.7. The van der Waals surface area contributed by atoms with E-state index in [1.807, 2.05) is 0 Å². The lowest BCUT2D eigenvalue weighted by molar-refractivity contribution is -0.385. The van der Waals surface area contributed by atoms with E-state index >= 15 is 0 Å². The third kappa shape index (κ3) is 1.88. The minimum Gasteiger partial charge on any atom is -0.258 e. The van der Waals surface area contributed by atoms with Crippen LogP contribution in [0.2, 0.25) is 0 Å². The molecule has 0 aromatic heterocycles. The molecule has 1 rings (SSSR count). The predicted octanol–water partition coefficient (Wildman–Crippen LogP) is 3.18. The van der Waals surface area contributed by atoms with E-state index in [9.17, 15) is 10.1 Å². The zero-order valence-electron chi connectivity index (χ0n) is 7.99. The van der Waals surface area contributed by atoms with Crippen LogP contribution >= 0.6 is 0 Å². The molecule has 0 radical (unpaired) electrons. The van der Waals surface area contributed by atoms with Crippen molar-refractivity contribution in [3.63, 3.8) is 0 Å². The molecule has 0 fully saturated rings. The molecule has 1 aromatic rings. The summed E-state index contributed by atoms with van der Waals surface area (Å²) in [5, 5.41) is 10.7. The van der Waals surface area contributed by atoms with Crippen LogP contribution in [0.25, 0.3) is 5.57 Å². The smallest absolute Gasteiger partial charge is 0.258 e. The Morgan fingerprint density at radius 2 is 1.93 bits per heavy atom. The first-order valence-corrected chi connectivity index (χ1v) is 4.12. The van der Waals surface area contributed by atoms with Gasteiger partial charge >= 0.3 is 0 Å². The minimum atomic E-state index is -0.413. The molecule has 0 aliphatic heterocycles. The molecule has 0 atom stereocenters. The Balaban J connectivity index is 3.27. The van der Waals surface area contributed by atoms with Gasteiger partial charge in [-0.3, -0.25) is 10.1 Å². The highest BCUT2D eigenvalue weighted by Crippen LogP contribution is 2.27. The molecule has 0 aliphatic carbocycles. The van der Waals surface area contributed by atoms with Crippen molar-refractivity contribution in [3.05, 3.63) is 58.7 Å². The van der Waals surface area contributed by atoms with Crippen molar-refractivity contribution >= 4 is 11.3 Å². The number of nitro benzene ring substituents is 1. The number of rotatable bonds is 3. The summed E-state index contributed by atoms with van der Waals surface area (Å²) in [6.45, 7) is 9.25. The second kappa shape index (κ2) is 3.87. The van der Waals surface area contributed by atoms with Crippen molar-refractivity contribution in [3.8, 4) is 0 Å². The third-order valence-corrected chi connectivity index (χ3v) is 1.94. The van der Waals surface area contributed by atoms with Gasteiger partial charge in [0, 0.05) is 6.07 Å². The van der Waals surface area contributed by atoms with Gasteiger partial charge in [0.05, 0.1) is 10.5 Å². The lowest BCUT2D eigenvalue weighted by Crippen LogP contribution is -1.94. The number of allylic oxidation sites excluding steroid dienone is 2. The van der Waals surface area contributed by atoms with Gasteiger partial charge in [0.25, 0.3) is 5.69 Å². The average molecular weight is 189 g/mol. The maximum atomic E-state index is 10.7. The molecule has 0 saturated carbocycles. The largest absolute Gasteiger partial charge is 0.277 e. The average Bonchev–Trinajstić information content (AvgIpc) is 2.16. The Kier molecular flexibility index (Phi) is 2.82. The summed E-state index contributed by atoms with van der Waals surface area (Å²) in [6.07, 6.45) is 0. The monoisotopic (exact) mass is 189 g/mol. The second-order valence-electron chi connectivity index (χ2n) is 3.03. The molecule has 0 bridgehead atoms. The standard InChI is InChI=1S/C11H11NO2/c1-8(2)9(3)10-6-4-5-7-11(10)12(13)14/h4-7H,1,3H2,2H3. The molecule has 0 aliphatic rings. The molecule has 0 saturated heterocycles. The predicted molar refractivity (Wildman–Crippen MR) is 56.9 cm³/mol. The van der Waals surface area contributed by atoms with Gasteiger partial charge in [-0.15, -0.1) is 0 Å². The number of nitro groups is 1. The van der Waals surface area contributed by atoms with Crippen LogP contribution in [0.1, 0.15) is 12.5 Å². The summed E-state index contributed by atoms with van der Waals surface area (Å²) >= 11 is 0. The lowest BCUT2D eigenvalue weighted by Gasteiger charge is -2.05. The van der Waals surface area contributed by atoms with Crippen molar-refractivity contribution in [2.24, 2.45) is 0 Å². The van der Waals surface area contributed by atoms with Crippen LogP contribution < -0.4 is 0 Å². The summed E-state index contributed by atoms with van der Waals surface area (Å²) < 4.78 is 0. The molecule has 0 unspecified atom stereocenters. The topological polar surface area (TPSA) is 43.1 Å². The molecule has 1 aromatic carbocycles. The first-order valence-electron chi connectivity index (χ1n) is 4.12. The van der Waals surface area contributed by atoms with E-state index < -0.39 is 4.92 Å². The zero-order valence-corrected chi connectivity index (χ0v) is 7.99. The maximum absolute atomic E-state index is 10.7. The van der Waals surface area contributed by atoms with Crippen molar-refractivity contribution < 1.29 is 4.92 Å². The molecule has 3 heteroatoms. The van der Waals surface area contributed by atoms with Crippen LogP contribution in [0, 0.1) is 10.1 Å². The molecular weight excluding hydrogens is 178 g/mol. The lowest BCUT2D eigenvalue weighted by atomic mass is 10.0. The second-order valence-corrected chi connectivity index (χ2v) is 3.03. The van der Waals surface area contributed by atoms with Crippen molar-refractivity contribution in [2.45, 2.75) is 6.92 Å². The summed E-state index contributed by atoms with van der Waals surface area (Å²) in [7, 11) is 0. The molecule has 0 N–H and O–H groups in total. The van der Waals surface area contributed by atoms with E-state index in [2.05, 4.69) is 13.2 Å². The van der Waals surface area contributed by atoms with Crippen LogP contribution in [0.5, 0.6) is 0 Å².